The van der Waals surface area contributed by atoms with E-state index >= 15 is 0 Å². The van der Waals surface area contributed by atoms with E-state index in [9.17, 15) is 23.4 Å². The molecule has 4 N–H and O–H groups in total. The molecule has 0 aromatic heterocycles. The van der Waals surface area contributed by atoms with E-state index < -0.39 is 53.7 Å². The van der Waals surface area contributed by atoms with Gasteiger partial charge in [0.1, 0.15) is 12.2 Å². The van der Waals surface area contributed by atoms with E-state index in [0.717, 1.165) is 0 Å². The summed E-state index contributed by atoms with van der Waals surface area (Å²) in [4.78, 5) is 0. The molecule has 0 bridgehead atoms. The Morgan fingerprint density at radius 2 is 1.69 bits per heavy atom. The van der Waals surface area contributed by atoms with Gasteiger partial charge >= 0.3 is 5.51 Å². The Morgan fingerprint density at radius 3 is 2.12 bits per heavy atom. The van der Waals surface area contributed by atoms with E-state index in [1.807, 2.05) is 0 Å². The van der Waals surface area contributed by atoms with Crippen molar-refractivity contribution in [1.82, 2.24) is 0 Å². The maximum atomic E-state index is 12.1. The first-order chi connectivity index (χ1) is 7.26. The number of halogens is 3. The van der Waals surface area contributed by atoms with Crippen LogP contribution in [0.2, 0.25) is 0 Å². The van der Waals surface area contributed by atoms with Crippen LogP contribution in [0.1, 0.15) is 0 Å². The lowest BCUT2D eigenvalue weighted by atomic mass is 10.0. The number of ether oxygens (including phenoxy) is 1. The van der Waals surface area contributed by atoms with Gasteiger partial charge in [-0.05, 0) is 11.8 Å². The van der Waals surface area contributed by atoms with Crippen LogP contribution >= 0.6 is 11.8 Å². The largest absolute Gasteiger partial charge is 0.442 e. The fraction of sp³-hybridized carbons (Fsp3) is 1.00. The number of aliphatic hydroxyl groups excluding tert-OH is 4. The predicted molar refractivity (Wildman–Crippen MR) is 47.4 cm³/mol. The normalized spacial score (nSPS) is 41.1. The number of hydrogen-bond donors (Lipinski definition) is 4. The molecule has 5 atom stereocenters. The van der Waals surface area contributed by atoms with Crippen molar-refractivity contribution in [2.75, 3.05) is 6.61 Å². The highest BCUT2D eigenvalue weighted by molar-refractivity contribution is 8.00. The van der Waals surface area contributed by atoms with Gasteiger partial charge in [-0.2, -0.15) is 13.2 Å². The fourth-order valence-electron chi connectivity index (χ4n) is 1.36. The highest BCUT2D eigenvalue weighted by Crippen LogP contribution is 2.40. The van der Waals surface area contributed by atoms with Gasteiger partial charge in [-0.25, -0.2) is 0 Å². The third-order valence-electron chi connectivity index (χ3n) is 2.11. The molecule has 1 aliphatic heterocycles. The smallest absolute Gasteiger partial charge is 0.394 e. The Balaban J connectivity index is 2.77. The lowest BCUT2D eigenvalue weighted by Crippen LogP contribution is -2.57. The molecule has 0 spiro atoms. The summed E-state index contributed by atoms with van der Waals surface area (Å²) < 4.78 is 40.8. The second-order valence-electron chi connectivity index (χ2n) is 3.26. The number of aliphatic hydroxyl groups is 4. The van der Waals surface area contributed by atoms with E-state index in [4.69, 9.17) is 10.2 Å². The third-order valence-corrected chi connectivity index (χ3v) is 3.21. The Morgan fingerprint density at radius 1 is 1.12 bits per heavy atom. The lowest BCUT2D eigenvalue weighted by molar-refractivity contribution is -0.248. The Labute approximate surface area is 92.8 Å². The molecular weight excluding hydrogens is 253 g/mol. The first-order valence-corrected chi connectivity index (χ1v) is 5.19. The highest BCUT2D eigenvalue weighted by Gasteiger charge is 2.48. The topological polar surface area (TPSA) is 90.2 Å². The van der Waals surface area contributed by atoms with Crippen LogP contribution in [0, 0.1) is 0 Å². The molecule has 0 aliphatic carbocycles. The zero-order chi connectivity index (χ0) is 12.5. The molecule has 9 heteroatoms. The quantitative estimate of drug-likeness (QED) is 0.513. The average molecular weight is 264 g/mol. The molecule has 1 fully saturated rings. The van der Waals surface area contributed by atoms with Gasteiger partial charge in [0, 0.05) is 0 Å². The molecule has 1 heterocycles. The summed E-state index contributed by atoms with van der Waals surface area (Å²) in [5, 5.41) is 34.8. The number of alkyl halides is 3. The van der Waals surface area contributed by atoms with Crippen molar-refractivity contribution in [1.29, 1.82) is 0 Å². The minimum absolute atomic E-state index is 0.634. The summed E-state index contributed by atoms with van der Waals surface area (Å²) in [7, 11) is 0. The second-order valence-corrected chi connectivity index (χ2v) is 4.50. The van der Waals surface area contributed by atoms with Crippen LogP contribution in [0.5, 0.6) is 0 Å². The van der Waals surface area contributed by atoms with Gasteiger partial charge in [0.2, 0.25) is 0 Å². The lowest BCUT2D eigenvalue weighted by Gasteiger charge is -2.39. The van der Waals surface area contributed by atoms with E-state index in [1.165, 1.54) is 0 Å². The number of hydrogen-bond acceptors (Lipinski definition) is 6. The van der Waals surface area contributed by atoms with Crippen molar-refractivity contribution in [3.8, 4) is 0 Å². The first kappa shape index (κ1) is 14.0. The van der Waals surface area contributed by atoms with Crippen molar-refractivity contribution < 1.29 is 38.3 Å². The van der Waals surface area contributed by atoms with Gasteiger partial charge in [0.15, 0.2) is 6.29 Å². The summed E-state index contributed by atoms with van der Waals surface area (Å²) in [6.45, 7) is -0.750. The van der Waals surface area contributed by atoms with E-state index in [2.05, 4.69) is 4.74 Å². The Hall–Kier alpha value is -0.0600. The van der Waals surface area contributed by atoms with Crippen molar-refractivity contribution in [2.45, 2.75) is 35.4 Å². The molecular formula is C7H11F3O5S. The van der Waals surface area contributed by atoms with E-state index in [1.54, 1.807) is 0 Å². The predicted octanol–water partition coefficient (Wildman–Crippen LogP) is -0.961. The maximum absolute atomic E-state index is 12.1. The molecule has 1 unspecified atom stereocenters. The van der Waals surface area contributed by atoms with Crippen LogP contribution in [0.25, 0.3) is 0 Å². The molecule has 5 nitrogen and oxygen atoms in total. The maximum Gasteiger partial charge on any atom is 0.442 e. The van der Waals surface area contributed by atoms with Crippen molar-refractivity contribution in [3.63, 3.8) is 0 Å². The minimum atomic E-state index is -4.66. The zero-order valence-electron chi connectivity index (χ0n) is 7.83. The first-order valence-electron chi connectivity index (χ1n) is 4.31. The van der Waals surface area contributed by atoms with Crippen LogP contribution < -0.4 is 0 Å². The third kappa shape index (κ3) is 3.22. The van der Waals surface area contributed by atoms with Gasteiger partial charge in [0.25, 0.3) is 0 Å². The molecule has 0 radical (unpaired) electrons. The van der Waals surface area contributed by atoms with Crippen LogP contribution in [0.4, 0.5) is 13.2 Å². The summed E-state index contributed by atoms with van der Waals surface area (Å²) in [6.07, 6.45) is -6.79. The van der Waals surface area contributed by atoms with Crippen molar-refractivity contribution in [3.05, 3.63) is 0 Å². The molecule has 1 saturated heterocycles. The molecule has 0 saturated carbocycles. The monoisotopic (exact) mass is 264 g/mol. The zero-order valence-corrected chi connectivity index (χ0v) is 8.65. The minimum Gasteiger partial charge on any atom is -0.394 e. The van der Waals surface area contributed by atoms with Gasteiger partial charge < -0.3 is 25.2 Å². The van der Waals surface area contributed by atoms with Crippen LogP contribution in [-0.2, 0) is 4.74 Å². The Kier molecular flexibility index (Phi) is 4.43. The van der Waals surface area contributed by atoms with Gasteiger partial charge in [-0.15, -0.1) is 0 Å². The van der Waals surface area contributed by atoms with E-state index in [-0.39, 0.29) is 0 Å². The summed E-state index contributed by atoms with van der Waals surface area (Å²) in [5.74, 6) is 0. The van der Waals surface area contributed by atoms with Gasteiger partial charge in [-0.3, -0.25) is 0 Å². The SMILES string of the molecule is OC[C@H]1OC(O)[C@H](O)[C@H](SC(F)(F)F)[C@@H]1O. The summed E-state index contributed by atoms with van der Waals surface area (Å²) in [5.41, 5.74) is -4.66. The standard InChI is InChI=1S/C7H11F3O5S/c8-7(9,10)16-5-3(12)2(1-11)15-6(14)4(5)13/h2-6,11-14H,1H2/t2-,3-,4-,5-,6?/m1/s1. The van der Waals surface area contributed by atoms with Crippen molar-refractivity contribution in [2.24, 2.45) is 0 Å². The molecule has 16 heavy (non-hydrogen) atoms. The number of thioether (sulfide) groups is 1. The molecule has 0 aromatic carbocycles. The molecule has 0 amide bonds. The van der Waals surface area contributed by atoms with Crippen LogP contribution in [0.3, 0.4) is 0 Å². The Bertz CT molecular complexity index is 239. The van der Waals surface area contributed by atoms with Gasteiger partial charge in [0.05, 0.1) is 18.0 Å². The fourth-order valence-corrected chi connectivity index (χ4v) is 2.26. The molecule has 1 rings (SSSR count). The number of rotatable bonds is 2. The summed E-state index contributed by atoms with van der Waals surface area (Å²) >= 11 is -0.634. The summed E-state index contributed by atoms with van der Waals surface area (Å²) in [6, 6.07) is 0. The molecule has 1 aliphatic rings. The van der Waals surface area contributed by atoms with Crippen LogP contribution in [-0.4, -0.2) is 62.4 Å². The second kappa shape index (κ2) is 5.07. The van der Waals surface area contributed by atoms with E-state index in [0.29, 0.717) is 0 Å². The molecule has 0 aromatic rings. The van der Waals surface area contributed by atoms with Gasteiger partial charge in [-0.1, -0.05) is 0 Å². The molecule has 96 valence electrons. The van der Waals surface area contributed by atoms with Crippen molar-refractivity contribution >= 4 is 11.8 Å². The average Bonchev–Trinajstić information content (AvgIpc) is 2.17. The van der Waals surface area contributed by atoms with Crippen LogP contribution in [0.15, 0.2) is 0 Å². The highest BCUT2D eigenvalue weighted by atomic mass is 32.2.